The molecular weight excluding hydrogens is 274 g/mol. The summed E-state index contributed by atoms with van der Waals surface area (Å²) >= 11 is 0. The Balaban J connectivity index is 2.57. The zero-order chi connectivity index (χ0) is 14.5. The molecule has 0 saturated heterocycles. The Morgan fingerprint density at radius 3 is 2.63 bits per heavy atom. The fourth-order valence-electron chi connectivity index (χ4n) is 1.67. The van der Waals surface area contributed by atoms with E-state index >= 15 is 0 Å². The number of sulfonamides is 1. The van der Waals surface area contributed by atoms with Crippen molar-refractivity contribution in [1.29, 1.82) is 0 Å². The van der Waals surface area contributed by atoms with E-state index in [2.05, 4.69) is 10.0 Å². The van der Waals surface area contributed by atoms with Crippen LogP contribution >= 0.6 is 0 Å². The molecule has 0 aliphatic rings. The second kappa shape index (κ2) is 6.93. The minimum atomic E-state index is -3.31. The van der Waals surface area contributed by atoms with Gasteiger partial charge in [0.25, 0.3) is 0 Å². The van der Waals surface area contributed by atoms with Crippen LogP contribution in [0.25, 0.3) is 0 Å². The minimum Gasteiger partial charge on any atom is -0.309 e. The lowest BCUT2D eigenvalue weighted by atomic mass is 10.1. The third-order valence-electron chi connectivity index (χ3n) is 2.63. The molecule has 0 heterocycles. The van der Waals surface area contributed by atoms with E-state index in [0.29, 0.717) is 6.54 Å². The normalized spacial score (nSPS) is 13.5. The Morgan fingerprint density at radius 1 is 1.32 bits per heavy atom. The van der Waals surface area contributed by atoms with Gasteiger partial charge in [0.1, 0.15) is 0 Å². The molecule has 1 rings (SSSR count). The van der Waals surface area contributed by atoms with Gasteiger partial charge in [-0.15, -0.1) is 0 Å². The van der Waals surface area contributed by atoms with Crippen molar-refractivity contribution in [3.63, 3.8) is 0 Å². The third kappa shape index (κ3) is 4.85. The van der Waals surface area contributed by atoms with Gasteiger partial charge < -0.3 is 5.32 Å². The van der Waals surface area contributed by atoms with Gasteiger partial charge in [-0.1, -0.05) is 19.1 Å². The maximum atomic E-state index is 13.5. The highest BCUT2D eigenvalue weighted by Gasteiger charge is 2.15. The summed E-state index contributed by atoms with van der Waals surface area (Å²) in [5.74, 6) is -1.93. The van der Waals surface area contributed by atoms with Gasteiger partial charge >= 0.3 is 0 Å². The molecule has 1 atom stereocenters. The Hall–Kier alpha value is -1.05. The molecule has 0 saturated carbocycles. The molecule has 0 fully saturated rings. The van der Waals surface area contributed by atoms with E-state index in [0.717, 1.165) is 6.07 Å². The zero-order valence-corrected chi connectivity index (χ0v) is 11.7. The average molecular weight is 292 g/mol. The van der Waals surface area contributed by atoms with E-state index in [-0.39, 0.29) is 17.9 Å². The van der Waals surface area contributed by atoms with Crippen molar-refractivity contribution in [2.75, 3.05) is 18.8 Å². The lowest BCUT2D eigenvalue weighted by Gasteiger charge is -2.15. The SMILES string of the molecule is CCNS(=O)(=O)CCNC(C)c1cccc(F)c1F. The molecule has 4 nitrogen and oxygen atoms in total. The van der Waals surface area contributed by atoms with Crippen LogP contribution in [0.3, 0.4) is 0 Å². The van der Waals surface area contributed by atoms with Gasteiger partial charge in [-0.05, 0) is 13.0 Å². The highest BCUT2D eigenvalue weighted by Crippen LogP contribution is 2.18. The average Bonchev–Trinajstić information content (AvgIpc) is 2.32. The van der Waals surface area contributed by atoms with Crippen molar-refractivity contribution in [3.8, 4) is 0 Å². The lowest BCUT2D eigenvalue weighted by molar-refractivity contribution is 0.476. The van der Waals surface area contributed by atoms with E-state index < -0.39 is 27.7 Å². The highest BCUT2D eigenvalue weighted by molar-refractivity contribution is 7.89. The monoisotopic (exact) mass is 292 g/mol. The summed E-state index contributed by atoms with van der Waals surface area (Å²) in [6.07, 6.45) is 0. The zero-order valence-electron chi connectivity index (χ0n) is 10.9. The van der Waals surface area contributed by atoms with Gasteiger partial charge in [-0.3, -0.25) is 0 Å². The van der Waals surface area contributed by atoms with Crippen LogP contribution in [0.15, 0.2) is 18.2 Å². The molecule has 0 spiro atoms. The summed E-state index contributed by atoms with van der Waals surface area (Å²) in [5, 5.41) is 2.86. The van der Waals surface area contributed by atoms with E-state index in [4.69, 9.17) is 0 Å². The largest absolute Gasteiger partial charge is 0.309 e. The molecule has 1 aromatic carbocycles. The van der Waals surface area contributed by atoms with Gasteiger partial charge in [0.2, 0.25) is 10.0 Å². The number of hydrogen-bond acceptors (Lipinski definition) is 3. The van der Waals surface area contributed by atoms with Crippen molar-refractivity contribution < 1.29 is 17.2 Å². The first-order valence-electron chi connectivity index (χ1n) is 6.02. The quantitative estimate of drug-likeness (QED) is 0.802. The van der Waals surface area contributed by atoms with E-state index in [1.54, 1.807) is 13.8 Å². The molecular formula is C12H18F2N2O2S. The fourth-order valence-corrected chi connectivity index (χ4v) is 2.64. The Bertz CT molecular complexity index is 520. The molecule has 108 valence electrons. The molecule has 2 N–H and O–H groups in total. The van der Waals surface area contributed by atoms with Crippen molar-refractivity contribution in [2.45, 2.75) is 19.9 Å². The molecule has 0 aliphatic carbocycles. The molecule has 7 heteroatoms. The van der Waals surface area contributed by atoms with Gasteiger partial charge in [0.15, 0.2) is 11.6 Å². The first kappa shape index (κ1) is 16.0. The number of halogens is 2. The van der Waals surface area contributed by atoms with Gasteiger partial charge in [-0.2, -0.15) is 0 Å². The summed E-state index contributed by atoms with van der Waals surface area (Å²) in [5.41, 5.74) is 0.181. The first-order chi connectivity index (χ1) is 8.87. The first-order valence-corrected chi connectivity index (χ1v) is 7.67. The van der Waals surface area contributed by atoms with Crippen LogP contribution in [0.4, 0.5) is 8.78 Å². The maximum absolute atomic E-state index is 13.5. The smallest absolute Gasteiger partial charge is 0.212 e. The standard InChI is InChI=1S/C12H18F2N2O2S/c1-3-16-19(17,18)8-7-15-9(2)10-5-4-6-11(13)12(10)14/h4-6,9,15-16H,3,7-8H2,1-2H3. The maximum Gasteiger partial charge on any atom is 0.212 e. The van der Waals surface area contributed by atoms with Crippen molar-refractivity contribution in [1.82, 2.24) is 10.0 Å². The predicted octanol–water partition coefficient (Wildman–Crippen LogP) is 1.55. The molecule has 0 aromatic heterocycles. The Labute approximate surface area is 112 Å². The van der Waals surface area contributed by atoms with Crippen LogP contribution in [-0.4, -0.2) is 27.3 Å². The van der Waals surface area contributed by atoms with Crippen LogP contribution in [0.2, 0.25) is 0 Å². The molecule has 1 aromatic rings. The molecule has 0 amide bonds. The summed E-state index contributed by atoms with van der Waals surface area (Å²) in [4.78, 5) is 0. The molecule has 0 radical (unpaired) electrons. The second-order valence-electron chi connectivity index (χ2n) is 4.14. The molecule has 1 unspecified atom stereocenters. The molecule has 19 heavy (non-hydrogen) atoms. The predicted molar refractivity (Wildman–Crippen MR) is 70.2 cm³/mol. The Morgan fingerprint density at radius 2 is 2.00 bits per heavy atom. The summed E-state index contributed by atoms with van der Waals surface area (Å²) in [7, 11) is -3.31. The van der Waals surface area contributed by atoms with E-state index in [9.17, 15) is 17.2 Å². The van der Waals surface area contributed by atoms with Crippen molar-refractivity contribution >= 4 is 10.0 Å². The summed E-state index contributed by atoms with van der Waals surface area (Å²) in [6.45, 7) is 3.83. The summed E-state index contributed by atoms with van der Waals surface area (Å²) in [6, 6.07) is 3.46. The highest BCUT2D eigenvalue weighted by atomic mass is 32.2. The minimum absolute atomic E-state index is 0.109. The van der Waals surface area contributed by atoms with Crippen LogP contribution in [0.5, 0.6) is 0 Å². The summed E-state index contributed by atoms with van der Waals surface area (Å²) < 4.78 is 51.7. The number of rotatable bonds is 7. The van der Waals surface area contributed by atoms with Crippen LogP contribution in [0, 0.1) is 11.6 Å². The van der Waals surface area contributed by atoms with Crippen molar-refractivity contribution in [2.24, 2.45) is 0 Å². The van der Waals surface area contributed by atoms with Crippen LogP contribution < -0.4 is 10.0 Å². The van der Waals surface area contributed by atoms with Crippen LogP contribution in [-0.2, 0) is 10.0 Å². The number of benzene rings is 1. The molecule has 0 bridgehead atoms. The Kier molecular flexibility index (Phi) is 5.84. The van der Waals surface area contributed by atoms with Gasteiger partial charge in [-0.25, -0.2) is 21.9 Å². The third-order valence-corrected chi connectivity index (χ3v) is 4.10. The lowest BCUT2D eigenvalue weighted by Crippen LogP contribution is -2.33. The molecule has 0 aliphatic heterocycles. The fraction of sp³-hybridized carbons (Fsp3) is 0.500. The van der Waals surface area contributed by atoms with Crippen LogP contribution in [0.1, 0.15) is 25.5 Å². The number of hydrogen-bond donors (Lipinski definition) is 2. The second-order valence-corrected chi connectivity index (χ2v) is 6.06. The van der Waals surface area contributed by atoms with Gasteiger partial charge in [0, 0.05) is 24.7 Å². The topological polar surface area (TPSA) is 58.2 Å². The van der Waals surface area contributed by atoms with Crippen molar-refractivity contribution in [3.05, 3.63) is 35.4 Å². The number of nitrogens with one attached hydrogen (secondary N) is 2. The van der Waals surface area contributed by atoms with Gasteiger partial charge in [0.05, 0.1) is 5.75 Å². The van der Waals surface area contributed by atoms with E-state index in [1.807, 2.05) is 0 Å². The van der Waals surface area contributed by atoms with E-state index in [1.165, 1.54) is 12.1 Å².